The van der Waals surface area contributed by atoms with E-state index < -0.39 is 36.2 Å². The molecule has 2 fully saturated rings. The molecule has 4 aromatic carbocycles. The Bertz CT molecular complexity index is 2760. The summed E-state index contributed by atoms with van der Waals surface area (Å²) in [6.45, 7) is 8.49. The molecule has 0 aliphatic carbocycles. The fourth-order valence-corrected chi connectivity index (χ4v) is 8.60. The van der Waals surface area contributed by atoms with Crippen molar-refractivity contribution >= 4 is 34.8 Å². The third-order valence-electron chi connectivity index (χ3n) is 12.0. The van der Waals surface area contributed by atoms with Crippen molar-refractivity contribution in [1.29, 1.82) is 5.26 Å². The van der Waals surface area contributed by atoms with Gasteiger partial charge in [0.15, 0.2) is 0 Å². The van der Waals surface area contributed by atoms with E-state index in [2.05, 4.69) is 80.7 Å². The molecule has 0 unspecified atom stereocenters. The van der Waals surface area contributed by atoms with E-state index in [-0.39, 0.29) is 30.3 Å². The minimum atomic E-state index is -1.00. The standard InChI is InChI=1S/C49H49N9O6/c1-28(2)42(55-48(61)63-4)46(59)57-26-29(3)19-40(57)44-52-25-39(54-44)37-18-17-35-21-34(15-16-36(35)22-37)31-11-13-32(14-12-31)38-24-51-45(53-38)41-20-30(23-50)27-58(41)47(60)43(56-49(62)64-5)33-9-7-6-8-10-33/h6-18,21-22,24-25,28,30,40-43H,3,19-20,26-27H2,1-2,4-5H3,(H,51,53)(H,52,54)(H,55,61)(H,56,62)/t30-,40+,41+,42+,43-/m1/s1. The van der Waals surface area contributed by atoms with Crippen LogP contribution >= 0.6 is 0 Å². The number of methoxy groups -OCH3 is 2. The number of fused-ring (bicyclic) bond motifs is 1. The first-order valence-electron chi connectivity index (χ1n) is 21.1. The van der Waals surface area contributed by atoms with E-state index in [0.29, 0.717) is 36.6 Å². The number of likely N-dealkylation sites (tertiary alicyclic amines) is 2. The highest BCUT2D eigenvalue weighted by Crippen LogP contribution is 2.38. The summed E-state index contributed by atoms with van der Waals surface area (Å²) in [5.74, 6) is 0.0799. The normalized spacial score (nSPS) is 18.1. The van der Waals surface area contributed by atoms with Crippen molar-refractivity contribution in [2.75, 3.05) is 27.3 Å². The zero-order valence-electron chi connectivity index (χ0n) is 36.0. The topological polar surface area (TPSA) is 198 Å². The molecule has 64 heavy (non-hydrogen) atoms. The van der Waals surface area contributed by atoms with E-state index in [1.165, 1.54) is 14.2 Å². The van der Waals surface area contributed by atoms with Gasteiger partial charge in [0.2, 0.25) is 5.91 Å². The number of nitrogens with zero attached hydrogens (tertiary/aromatic N) is 5. The lowest BCUT2D eigenvalue weighted by atomic mass is 9.98. The molecule has 2 aromatic heterocycles. The van der Waals surface area contributed by atoms with Gasteiger partial charge in [-0.1, -0.05) is 105 Å². The van der Waals surface area contributed by atoms with E-state index in [1.807, 2.05) is 38.1 Å². The number of amides is 4. The van der Waals surface area contributed by atoms with Crippen molar-refractivity contribution in [3.05, 3.63) is 133 Å². The first-order valence-corrected chi connectivity index (χ1v) is 21.1. The maximum absolute atomic E-state index is 14.1. The number of nitrogens with one attached hydrogen (secondary N) is 4. The zero-order valence-corrected chi connectivity index (χ0v) is 36.0. The smallest absolute Gasteiger partial charge is 0.407 e. The first kappa shape index (κ1) is 42.9. The van der Waals surface area contributed by atoms with Crippen LogP contribution in [-0.2, 0) is 19.1 Å². The second-order valence-corrected chi connectivity index (χ2v) is 16.6. The summed E-state index contributed by atoms with van der Waals surface area (Å²) in [5, 5.41) is 17.3. The minimum Gasteiger partial charge on any atom is -0.453 e. The molecule has 4 amide bonds. The Morgan fingerprint density at radius 2 is 1.33 bits per heavy atom. The summed E-state index contributed by atoms with van der Waals surface area (Å²) >= 11 is 0. The third-order valence-corrected chi connectivity index (χ3v) is 12.0. The maximum Gasteiger partial charge on any atom is 0.407 e. The molecule has 0 saturated carbocycles. The molecular formula is C49H49N9O6. The summed E-state index contributed by atoms with van der Waals surface area (Å²) in [7, 11) is 2.52. The van der Waals surface area contributed by atoms with Gasteiger partial charge in [0.25, 0.3) is 5.91 Å². The van der Waals surface area contributed by atoms with E-state index in [0.717, 1.165) is 50.0 Å². The lowest BCUT2D eigenvalue weighted by molar-refractivity contribution is -0.135. The lowest BCUT2D eigenvalue weighted by Gasteiger charge is -2.29. The molecule has 6 aromatic rings. The Labute approximate surface area is 370 Å². The Hall–Kier alpha value is -7.73. The van der Waals surface area contributed by atoms with Crippen LogP contribution in [0.25, 0.3) is 44.4 Å². The highest BCUT2D eigenvalue weighted by molar-refractivity contribution is 5.91. The van der Waals surface area contributed by atoms with Gasteiger partial charge in [-0.05, 0) is 63.9 Å². The van der Waals surface area contributed by atoms with Crippen molar-refractivity contribution in [3.63, 3.8) is 0 Å². The van der Waals surface area contributed by atoms with Crippen molar-refractivity contribution in [2.45, 2.75) is 50.9 Å². The summed E-state index contributed by atoms with van der Waals surface area (Å²) in [4.78, 5) is 71.7. The number of aromatic nitrogens is 4. The molecule has 0 spiro atoms. The van der Waals surface area contributed by atoms with Crippen LogP contribution in [0.15, 0.2) is 116 Å². The van der Waals surface area contributed by atoms with Gasteiger partial charge in [-0.2, -0.15) is 5.26 Å². The number of carbonyl (C=O) groups excluding carboxylic acids is 4. The number of aromatic amines is 2. The van der Waals surface area contributed by atoms with Crippen LogP contribution in [-0.4, -0.2) is 87.1 Å². The summed E-state index contributed by atoms with van der Waals surface area (Å²) in [6, 6.07) is 29.4. The van der Waals surface area contributed by atoms with E-state index in [9.17, 15) is 24.4 Å². The molecule has 4 N–H and O–H groups in total. The maximum atomic E-state index is 14.1. The van der Waals surface area contributed by atoms with Gasteiger partial charge < -0.3 is 39.9 Å². The number of imidazole rings is 2. The number of carbonyl (C=O) groups is 4. The molecule has 15 heteroatoms. The lowest BCUT2D eigenvalue weighted by Crippen LogP contribution is -2.51. The van der Waals surface area contributed by atoms with Gasteiger partial charge in [-0.25, -0.2) is 19.6 Å². The van der Waals surface area contributed by atoms with Gasteiger partial charge in [0, 0.05) is 18.7 Å². The average molecular weight is 860 g/mol. The molecule has 4 heterocycles. The van der Waals surface area contributed by atoms with E-state index in [1.54, 1.807) is 46.5 Å². The molecule has 0 bridgehead atoms. The number of rotatable bonds is 11. The molecule has 326 valence electrons. The minimum absolute atomic E-state index is 0.155. The monoisotopic (exact) mass is 859 g/mol. The second-order valence-electron chi connectivity index (χ2n) is 16.6. The average Bonchev–Trinajstić information content (AvgIpc) is 4.16. The van der Waals surface area contributed by atoms with Crippen molar-refractivity contribution in [1.82, 2.24) is 40.4 Å². The second kappa shape index (κ2) is 18.3. The molecule has 2 saturated heterocycles. The van der Waals surface area contributed by atoms with Crippen LogP contribution in [0, 0.1) is 23.2 Å². The molecule has 15 nitrogen and oxygen atoms in total. The predicted molar refractivity (Wildman–Crippen MR) is 240 cm³/mol. The van der Waals surface area contributed by atoms with Crippen LogP contribution in [0.5, 0.6) is 0 Å². The Balaban J connectivity index is 0.965. The van der Waals surface area contributed by atoms with Gasteiger partial charge in [-0.3, -0.25) is 9.59 Å². The molecular weight excluding hydrogens is 811 g/mol. The molecule has 5 atom stereocenters. The van der Waals surface area contributed by atoms with Gasteiger partial charge in [-0.15, -0.1) is 0 Å². The van der Waals surface area contributed by atoms with Crippen LogP contribution in [0.4, 0.5) is 9.59 Å². The highest BCUT2D eigenvalue weighted by atomic mass is 16.5. The van der Waals surface area contributed by atoms with Crippen LogP contribution in [0.2, 0.25) is 0 Å². The Kier molecular flexibility index (Phi) is 12.3. The highest BCUT2D eigenvalue weighted by Gasteiger charge is 2.42. The summed E-state index contributed by atoms with van der Waals surface area (Å²) < 4.78 is 9.60. The number of H-pyrrole nitrogens is 2. The molecule has 2 aliphatic rings. The number of ether oxygens (including phenoxy) is 2. The predicted octanol–water partition coefficient (Wildman–Crippen LogP) is 8.01. The van der Waals surface area contributed by atoms with Crippen molar-refractivity contribution in [2.24, 2.45) is 11.8 Å². The van der Waals surface area contributed by atoms with Gasteiger partial charge >= 0.3 is 12.2 Å². The van der Waals surface area contributed by atoms with Crippen LogP contribution in [0.3, 0.4) is 0 Å². The molecule has 2 aliphatic heterocycles. The van der Waals surface area contributed by atoms with Crippen LogP contribution < -0.4 is 10.6 Å². The van der Waals surface area contributed by atoms with E-state index in [4.69, 9.17) is 14.5 Å². The quantitative estimate of drug-likeness (QED) is 0.0933. The number of hydrogen-bond donors (Lipinski definition) is 4. The third kappa shape index (κ3) is 8.80. The zero-order chi connectivity index (χ0) is 45.1. The Morgan fingerprint density at radius 1 is 0.750 bits per heavy atom. The fourth-order valence-electron chi connectivity index (χ4n) is 8.60. The number of alkyl carbamates (subject to hydrolysis) is 2. The molecule has 0 radical (unpaired) electrons. The van der Waals surface area contributed by atoms with Crippen molar-refractivity contribution < 1.29 is 28.7 Å². The molecule has 8 rings (SSSR count). The van der Waals surface area contributed by atoms with E-state index >= 15 is 0 Å². The first-order chi connectivity index (χ1) is 30.9. The largest absolute Gasteiger partial charge is 0.453 e. The SMILES string of the molecule is C=C1C[C@@H](c2ncc(-c3ccc4cc(-c5ccc(-c6cnc([C@@H]7C[C@H](C#N)CN7C(=O)[C@H](NC(=O)OC)c7ccccc7)[nH]6)cc5)ccc4c3)[nH]2)N(C(=O)[C@@H](NC(=O)OC)C(C)C)C1. The fraction of sp³-hybridized carbons (Fsp3) is 0.286. The number of benzene rings is 4. The van der Waals surface area contributed by atoms with Gasteiger partial charge in [0.05, 0.1) is 62.1 Å². The summed E-state index contributed by atoms with van der Waals surface area (Å²) in [6.07, 6.45) is 3.09. The van der Waals surface area contributed by atoms with Crippen molar-refractivity contribution in [3.8, 4) is 39.7 Å². The Morgan fingerprint density at radius 3 is 1.97 bits per heavy atom. The van der Waals surface area contributed by atoms with Crippen LogP contribution in [0.1, 0.15) is 62.0 Å². The number of nitriles is 1. The van der Waals surface area contributed by atoms with Gasteiger partial charge in [0.1, 0.15) is 23.7 Å². The number of hydrogen-bond acceptors (Lipinski definition) is 9. The summed E-state index contributed by atoms with van der Waals surface area (Å²) in [5.41, 5.74) is 7.02.